The lowest BCUT2D eigenvalue weighted by molar-refractivity contribution is -0.131. The van der Waals surface area contributed by atoms with E-state index in [-0.39, 0.29) is 11.8 Å². The first-order valence-electron chi connectivity index (χ1n) is 9.95. The minimum atomic E-state index is -0.432. The zero-order chi connectivity index (χ0) is 20.6. The van der Waals surface area contributed by atoms with Crippen molar-refractivity contribution in [2.75, 3.05) is 5.32 Å². The Morgan fingerprint density at radius 1 is 1.03 bits per heavy atom. The fourth-order valence-corrected chi connectivity index (χ4v) is 3.55. The van der Waals surface area contributed by atoms with Crippen LogP contribution in [0.5, 0.6) is 5.75 Å². The summed E-state index contributed by atoms with van der Waals surface area (Å²) in [5.41, 5.74) is 2.10. The second kappa shape index (κ2) is 9.87. The molecule has 29 heavy (non-hydrogen) atoms. The lowest BCUT2D eigenvalue weighted by atomic mass is 10.0. The van der Waals surface area contributed by atoms with E-state index in [9.17, 15) is 14.4 Å². The van der Waals surface area contributed by atoms with Crippen LogP contribution in [-0.2, 0) is 16.1 Å². The molecular formula is C23H26N2O4. The number of nitrogens with one attached hydrogen (secondary N) is 2. The number of benzene rings is 2. The number of anilines is 1. The van der Waals surface area contributed by atoms with E-state index < -0.39 is 5.97 Å². The Kier molecular flexibility index (Phi) is 7.00. The van der Waals surface area contributed by atoms with Gasteiger partial charge in [-0.15, -0.1) is 0 Å². The van der Waals surface area contributed by atoms with Crippen LogP contribution in [0.2, 0.25) is 0 Å². The van der Waals surface area contributed by atoms with Crippen molar-refractivity contribution in [1.29, 1.82) is 0 Å². The monoisotopic (exact) mass is 394 g/mol. The summed E-state index contributed by atoms with van der Waals surface area (Å²) >= 11 is 0. The number of rotatable bonds is 7. The highest BCUT2D eigenvalue weighted by Crippen LogP contribution is 2.27. The second-order valence-electron chi connectivity index (χ2n) is 7.40. The maximum atomic E-state index is 12.3. The molecule has 1 saturated carbocycles. The molecule has 0 atom stereocenters. The van der Waals surface area contributed by atoms with Crippen molar-refractivity contribution in [2.24, 2.45) is 5.92 Å². The van der Waals surface area contributed by atoms with Crippen molar-refractivity contribution in [1.82, 2.24) is 5.32 Å². The summed E-state index contributed by atoms with van der Waals surface area (Å²) in [4.78, 5) is 35.5. The van der Waals surface area contributed by atoms with Gasteiger partial charge in [-0.25, -0.2) is 0 Å². The number of amides is 2. The Balaban J connectivity index is 1.48. The highest BCUT2D eigenvalue weighted by Gasteiger charge is 2.18. The molecule has 0 unspecified atom stereocenters. The van der Waals surface area contributed by atoms with Crippen LogP contribution < -0.4 is 15.4 Å². The van der Waals surface area contributed by atoms with Gasteiger partial charge in [-0.2, -0.15) is 0 Å². The Labute approximate surface area is 170 Å². The molecule has 1 aliphatic rings. The highest BCUT2D eigenvalue weighted by atomic mass is 16.5. The summed E-state index contributed by atoms with van der Waals surface area (Å²) in [5, 5.41) is 5.78. The number of carbonyl (C=O) groups is 3. The minimum absolute atomic E-state index is 0.0608. The maximum absolute atomic E-state index is 12.3. The topological polar surface area (TPSA) is 84.5 Å². The molecule has 6 heteroatoms. The molecule has 0 saturated heterocycles. The third kappa shape index (κ3) is 6.45. The molecule has 152 valence electrons. The van der Waals surface area contributed by atoms with Crippen molar-refractivity contribution in [2.45, 2.75) is 45.6 Å². The van der Waals surface area contributed by atoms with Gasteiger partial charge in [0.2, 0.25) is 5.91 Å². The molecule has 3 rings (SSSR count). The summed E-state index contributed by atoms with van der Waals surface area (Å²) in [6.45, 7) is 1.67. The van der Waals surface area contributed by atoms with Crippen molar-refractivity contribution >= 4 is 23.5 Å². The van der Waals surface area contributed by atoms with Gasteiger partial charge in [-0.3, -0.25) is 14.4 Å². The van der Waals surface area contributed by atoms with Crippen molar-refractivity contribution < 1.29 is 19.1 Å². The lowest BCUT2D eigenvalue weighted by Crippen LogP contribution is -2.22. The molecule has 6 nitrogen and oxygen atoms in total. The number of carbonyl (C=O) groups excluding carboxylic acids is 3. The minimum Gasteiger partial charge on any atom is -0.427 e. The molecule has 0 aliphatic heterocycles. The van der Waals surface area contributed by atoms with E-state index in [1.807, 2.05) is 24.3 Å². The van der Waals surface area contributed by atoms with Crippen molar-refractivity contribution in [3.05, 3.63) is 59.7 Å². The summed E-state index contributed by atoms with van der Waals surface area (Å²) in [6.07, 6.45) is 5.34. The third-order valence-corrected chi connectivity index (χ3v) is 5.00. The average Bonchev–Trinajstić information content (AvgIpc) is 3.19. The first-order chi connectivity index (χ1) is 14.0. The van der Waals surface area contributed by atoms with Crippen LogP contribution in [0.4, 0.5) is 5.69 Å². The van der Waals surface area contributed by atoms with Gasteiger partial charge in [-0.1, -0.05) is 31.0 Å². The van der Waals surface area contributed by atoms with Gasteiger partial charge in [0.05, 0.1) is 0 Å². The fraction of sp³-hybridized carbons (Fsp3) is 0.348. The first kappa shape index (κ1) is 20.6. The van der Waals surface area contributed by atoms with Crippen LogP contribution in [0.1, 0.15) is 54.9 Å². The molecule has 0 aromatic heterocycles. The van der Waals surface area contributed by atoms with Gasteiger partial charge < -0.3 is 15.4 Å². The Morgan fingerprint density at radius 3 is 2.45 bits per heavy atom. The number of ether oxygens (including phenoxy) is 1. The summed E-state index contributed by atoms with van der Waals surface area (Å²) < 4.78 is 5.00. The molecular weight excluding hydrogens is 368 g/mol. The second-order valence-corrected chi connectivity index (χ2v) is 7.40. The standard InChI is InChI=1S/C23H26N2O4/c1-16(26)29-21-8-4-7-19(14-21)23(28)24-15-18-9-11-20(12-10-18)25-22(27)13-17-5-2-3-6-17/h4,7-12,14,17H,2-3,5-6,13,15H2,1H3,(H,24,28)(H,25,27). The first-order valence-corrected chi connectivity index (χ1v) is 9.95. The highest BCUT2D eigenvalue weighted by molar-refractivity contribution is 5.94. The van der Waals surface area contributed by atoms with Crippen LogP contribution in [-0.4, -0.2) is 17.8 Å². The van der Waals surface area contributed by atoms with Crippen LogP contribution >= 0.6 is 0 Å². The lowest BCUT2D eigenvalue weighted by Gasteiger charge is -2.11. The summed E-state index contributed by atoms with van der Waals surface area (Å²) in [7, 11) is 0. The molecule has 0 spiro atoms. The maximum Gasteiger partial charge on any atom is 0.308 e. The summed E-state index contributed by atoms with van der Waals surface area (Å²) in [6, 6.07) is 13.9. The van der Waals surface area contributed by atoms with Crippen LogP contribution in [0, 0.1) is 5.92 Å². The SMILES string of the molecule is CC(=O)Oc1cccc(C(=O)NCc2ccc(NC(=O)CC3CCCC3)cc2)c1. The average molecular weight is 394 g/mol. The Morgan fingerprint density at radius 2 is 1.76 bits per heavy atom. The van der Waals surface area contributed by atoms with Crippen LogP contribution in [0.3, 0.4) is 0 Å². The van der Waals surface area contributed by atoms with E-state index in [0.29, 0.717) is 30.2 Å². The van der Waals surface area contributed by atoms with E-state index in [0.717, 1.165) is 24.1 Å². The van der Waals surface area contributed by atoms with E-state index in [1.54, 1.807) is 18.2 Å². The Hall–Kier alpha value is -3.15. The van der Waals surface area contributed by atoms with Gasteiger partial charge in [-0.05, 0) is 54.7 Å². The molecule has 0 radical (unpaired) electrons. The smallest absolute Gasteiger partial charge is 0.308 e. The number of esters is 1. The van der Waals surface area contributed by atoms with E-state index in [1.165, 1.54) is 25.8 Å². The fourth-order valence-electron chi connectivity index (χ4n) is 3.55. The Bertz CT molecular complexity index is 871. The number of hydrogen-bond donors (Lipinski definition) is 2. The molecule has 2 aromatic carbocycles. The molecule has 2 amide bonds. The van der Waals surface area contributed by atoms with Crippen LogP contribution in [0.25, 0.3) is 0 Å². The number of hydrogen-bond acceptors (Lipinski definition) is 4. The zero-order valence-electron chi connectivity index (χ0n) is 16.6. The third-order valence-electron chi connectivity index (χ3n) is 5.00. The van der Waals surface area contributed by atoms with Gasteiger partial charge >= 0.3 is 5.97 Å². The zero-order valence-corrected chi connectivity index (χ0v) is 16.6. The molecule has 2 N–H and O–H groups in total. The molecule has 2 aromatic rings. The quantitative estimate of drug-likeness (QED) is 0.548. The molecule has 0 heterocycles. The van der Waals surface area contributed by atoms with Crippen molar-refractivity contribution in [3.8, 4) is 5.75 Å². The molecule has 0 bridgehead atoms. The molecule has 1 aliphatic carbocycles. The van der Waals surface area contributed by atoms with Crippen LogP contribution in [0.15, 0.2) is 48.5 Å². The predicted octanol–water partition coefficient (Wildman–Crippen LogP) is 4.06. The molecule has 1 fully saturated rings. The van der Waals surface area contributed by atoms with Crippen molar-refractivity contribution in [3.63, 3.8) is 0 Å². The largest absolute Gasteiger partial charge is 0.427 e. The van der Waals surface area contributed by atoms with Gasteiger partial charge in [0, 0.05) is 31.1 Å². The normalized spacial score (nSPS) is 13.7. The van der Waals surface area contributed by atoms with Gasteiger partial charge in [0.15, 0.2) is 0 Å². The van der Waals surface area contributed by atoms with Gasteiger partial charge in [0.25, 0.3) is 5.91 Å². The predicted molar refractivity (Wildman–Crippen MR) is 111 cm³/mol. The van der Waals surface area contributed by atoms with Gasteiger partial charge in [0.1, 0.15) is 5.75 Å². The van der Waals surface area contributed by atoms with E-state index in [4.69, 9.17) is 4.74 Å². The van der Waals surface area contributed by atoms with E-state index >= 15 is 0 Å². The summed E-state index contributed by atoms with van der Waals surface area (Å²) in [5.74, 6) is 0.225. The van der Waals surface area contributed by atoms with E-state index in [2.05, 4.69) is 10.6 Å².